The summed E-state index contributed by atoms with van der Waals surface area (Å²) in [5.41, 5.74) is 0.396. The fraction of sp³-hybridized carbons (Fsp3) is 0.400. The van der Waals surface area contributed by atoms with Crippen LogP contribution in [0.3, 0.4) is 0 Å². The lowest BCUT2D eigenvalue weighted by Gasteiger charge is -2.26. The maximum absolute atomic E-state index is 12.3. The molecule has 110 valence electrons. The molecule has 3 rings (SSSR count). The fourth-order valence-electron chi connectivity index (χ4n) is 2.57. The van der Waals surface area contributed by atoms with Crippen LogP contribution in [0.5, 0.6) is 0 Å². The Hall–Kier alpha value is -2.21. The van der Waals surface area contributed by atoms with Crippen LogP contribution in [-0.4, -0.2) is 37.7 Å². The van der Waals surface area contributed by atoms with Gasteiger partial charge in [-0.05, 0) is 37.8 Å². The van der Waals surface area contributed by atoms with E-state index < -0.39 is 0 Å². The number of imidazole rings is 1. The Bertz CT molecular complexity index is 604. The average Bonchev–Trinajstić information content (AvgIpc) is 3.04. The van der Waals surface area contributed by atoms with Gasteiger partial charge in [-0.15, -0.1) is 0 Å². The number of hydrogen-bond acceptors (Lipinski definition) is 4. The zero-order valence-electron chi connectivity index (χ0n) is 11.6. The third-order valence-electron chi connectivity index (χ3n) is 3.77. The standard InChI is InChI=1S/C15H18N4O2/c20-12-6-4-11(5-7-12)17-15(21)13-2-1-3-14(18-13)19-9-8-16-10-19/h1-3,8-12,20H,4-7H2,(H,17,21)/t11-,12+. The van der Waals surface area contributed by atoms with Gasteiger partial charge in [-0.2, -0.15) is 0 Å². The Morgan fingerprint density at radius 1 is 1.29 bits per heavy atom. The van der Waals surface area contributed by atoms with Crippen LogP contribution in [0, 0.1) is 0 Å². The molecule has 2 N–H and O–H groups in total. The smallest absolute Gasteiger partial charge is 0.270 e. The first-order chi connectivity index (χ1) is 10.2. The van der Waals surface area contributed by atoms with Gasteiger partial charge in [0.05, 0.1) is 6.10 Å². The Morgan fingerprint density at radius 3 is 2.81 bits per heavy atom. The number of aliphatic hydroxyl groups is 1. The number of nitrogens with one attached hydrogen (secondary N) is 1. The van der Waals surface area contributed by atoms with Crippen molar-refractivity contribution in [3.05, 3.63) is 42.6 Å². The molecule has 0 unspecified atom stereocenters. The molecule has 2 heterocycles. The predicted molar refractivity (Wildman–Crippen MR) is 77.1 cm³/mol. The van der Waals surface area contributed by atoms with Crippen molar-refractivity contribution in [2.45, 2.75) is 37.8 Å². The molecule has 2 aromatic heterocycles. The molecule has 0 aliphatic heterocycles. The number of hydrogen-bond donors (Lipinski definition) is 2. The number of rotatable bonds is 3. The fourth-order valence-corrected chi connectivity index (χ4v) is 2.57. The second-order valence-electron chi connectivity index (χ2n) is 5.33. The number of aliphatic hydroxyl groups excluding tert-OH is 1. The van der Waals surface area contributed by atoms with E-state index in [9.17, 15) is 9.90 Å². The maximum atomic E-state index is 12.3. The highest BCUT2D eigenvalue weighted by Crippen LogP contribution is 2.18. The summed E-state index contributed by atoms with van der Waals surface area (Å²) in [5.74, 6) is 0.498. The molecule has 6 heteroatoms. The zero-order valence-corrected chi connectivity index (χ0v) is 11.6. The van der Waals surface area contributed by atoms with Crippen LogP contribution in [0.1, 0.15) is 36.2 Å². The van der Waals surface area contributed by atoms with Crippen molar-refractivity contribution in [3.63, 3.8) is 0 Å². The lowest BCUT2D eigenvalue weighted by atomic mass is 9.93. The second kappa shape index (κ2) is 6.05. The Kier molecular flexibility index (Phi) is 3.96. The van der Waals surface area contributed by atoms with Crippen LogP contribution in [0.4, 0.5) is 0 Å². The van der Waals surface area contributed by atoms with Gasteiger partial charge in [-0.1, -0.05) is 6.07 Å². The molecule has 1 aliphatic carbocycles. The van der Waals surface area contributed by atoms with Crippen molar-refractivity contribution in [2.24, 2.45) is 0 Å². The van der Waals surface area contributed by atoms with E-state index in [0.29, 0.717) is 11.5 Å². The van der Waals surface area contributed by atoms with Gasteiger partial charge in [0.25, 0.3) is 5.91 Å². The van der Waals surface area contributed by atoms with Gasteiger partial charge in [0.2, 0.25) is 0 Å². The molecular weight excluding hydrogens is 268 g/mol. The topological polar surface area (TPSA) is 80.0 Å². The van der Waals surface area contributed by atoms with Crippen LogP contribution in [-0.2, 0) is 0 Å². The molecule has 0 aromatic carbocycles. The number of carbonyl (C=O) groups excluding carboxylic acids is 1. The largest absolute Gasteiger partial charge is 0.393 e. The monoisotopic (exact) mass is 286 g/mol. The first kappa shape index (κ1) is 13.8. The molecule has 0 saturated heterocycles. The van der Waals surface area contributed by atoms with Crippen molar-refractivity contribution in [1.82, 2.24) is 19.9 Å². The van der Waals surface area contributed by atoms with Crippen LogP contribution >= 0.6 is 0 Å². The normalized spacial score (nSPS) is 22.0. The highest BCUT2D eigenvalue weighted by atomic mass is 16.3. The Balaban J connectivity index is 1.69. The number of nitrogens with zero attached hydrogens (tertiary/aromatic N) is 3. The van der Waals surface area contributed by atoms with E-state index in [4.69, 9.17) is 0 Å². The zero-order chi connectivity index (χ0) is 14.7. The summed E-state index contributed by atoms with van der Waals surface area (Å²) < 4.78 is 1.76. The van der Waals surface area contributed by atoms with Crippen LogP contribution in [0.25, 0.3) is 5.82 Å². The molecule has 1 aliphatic rings. The summed E-state index contributed by atoms with van der Waals surface area (Å²) >= 11 is 0. The number of carbonyl (C=O) groups is 1. The van der Waals surface area contributed by atoms with E-state index in [0.717, 1.165) is 25.7 Å². The molecule has 0 radical (unpaired) electrons. The van der Waals surface area contributed by atoms with Gasteiger partial charge in [0.1, 0.15) is 17.8 Å². The molecule has 2 aromatic rings. The van der Waals surface area contributed by atoms with Gasteiger partial charge in [0, 0.05) is 18.4 Å². The highest BCUT2D eigenvalue weighted by molar-refractivity contribution is 5.92. The summed E-state index contributed by atoms with van der Waals surface area (Å²) in [7, 11) is 0. The van der Waals surface area contributed by atoms with Gasteiger partial charge < -0.3 is 10.4 Å². The molecule has 6 nitrogen and oxygen atoms in total. The summed E-state index contributed by atoms with van der Waals surface area (Å²) in [5, 5.41) is 12.5. The average molecular weight is 286 g/mol. The molecule has 0 bridgehead atoms. The molecular formula is C15H18N4O2. The van der Waals surface area contributed by atoms with E-state index in [1.165, 1.54) is 0 Å². The highest BCUT2D eigenvalue weighted by Gasteiger charge is 2.21. The summed E-state index contributed by atoms with van der Waals surface area (Å²) in [6.45, 7) is 0. The summed E-state index contributed by atoms with van der Waals surface area (Å²) in [4.78, 5) is 20.6. The SMILES string of the molecule is O=C(N[C@H]1CC[C@@H](O)CC1)c1cccc(-n2ccnc2)n1. The van der Waals surface area contributed by atoms with Crippen LogP contribution in [0.15, 0.2) is 36.9 Å². The van der Waals surface area contributed by atoms with Gasteiger partial charge in [0.15, 0.2) is 0 Å². The maximum Gasteiger partial charge on any atom is 0.270 e. The van der Waals surface area contributed by atoms with Crippen LogP contribution in [0.2, 0.25) is 0 Å². The number of amides is 1. The lowest BCUT2D eigenvalue weighted by Crippen LogP contribution is -2.38. The third kappa shape index (κ3) is 3.28. The molecule has 1 amide bonds. The van der Waals surface area contributed by atoms with Crippen molar-refractivity contribution < 1.29 is 9.90 Å². The third-order valence-corrected chi connectivity index (χ3v) is 3.77. The minimum absolute atomic E-state index is 0.125. The summed E-state index contributed by atoms with van der Waals surface area (Å²) in [6, 6.07) is 5.46. The second-order valence-corrected chi connectivity index (χ2v) is 5.33. The molecule has 21 heavy (non-hydrogen) atoms. The molecule has 0 spiro atoms. The first-order valence-electron chi connectivity index (χ1n) is 7.16. The molecule has 1 fully saturated rings. The van der Waals surface area contributed by atoms with E-state index >= 15 is 0 Å². The quantitative estimate of drug-likeness (QED) is 0.891. The van der Waals surface area contributed by atoms with Crippen molar-refractivity contribution in [3.8, 4) is 5.82 Å². The number of pyridine rings is 1. The minimum atomic E-state index is -0.221. The number of aromatic nitrogens is 3. The van der Waals surface area contributed by atoms with E-state index in [1.54, 1.807) is 29.4 Å². The van der Waals surface area contributed by atoms with Crippen LogP contribution < -0.4 is 5.32 Å². The van der Waals surface area contributed by atoms with E-state index in [1.807, 2.05) is 12.1 Å². The Labute approximate surface area is 122 Å². The minimum Gasteiger partial charge on any atom is -0.393 e. The Morgan fingerprint density at radius 2 is 2.10 bits per heavy atom. The van der Waals surface area contributed by atoms with Crippen molar-refractivity contribution >= 4 is 5.91 Å². The van der Waals surface area contributed by atoms with E-state index in [2.05, 4.69) is 15.3 Å². The first-order valence-corrected chi connectivity index (χ1v) is 7.16. The van der Waals surface area contributed by atoms with Gasteiger partial charge in [-0.25, -0.2) is 9.97 Å². The lowest BCUT2D eigenvalue weighted by molar-refractivity contribution is 0.0863. The molecule has 1 saturated carbocycles. The van der Waals surface area contributed by atoms with Crippen molar-refractivity contribution in [1.29, 1.82) is 0 Å². The van der Waals surface area contributed by atoms with Gasteiger partial charge >= 0.3 is 0 Å². The van der Waals surface area contributed by atoms with E-state index in [-0.39, 0.29) is 18.1 Å². The summed E-state index contributed by atoms with van der Waals surface area (Å²) in [6.07, 6.45) is 7.99. The van der Waals surface area contributed by atoms with Gasteiger partial charge in [-0.3, -0.25) is 9.36 Å². The predicted octanol–water partition coefficient (Wildman–Crippen LogP) is 1.30. The van der Waals surface area contributed by atoms with Crippen molar-refractivity contribution in [2.75, 3.05) is 0 Å². The molecule has 0 atom stereocenters.